The predicted molar refractivity (Wildman–Crippen MR) is 63.2 cm³/mol. The molecule has 1 aromatic carbocycles. The second kappa shape index (κ2) is 6.33. The first-order valence-corrected chi connectivity index (χ1v) is 6.29. The number of benzene rings is 1. The topological polar surface area (TPSA) is 148 Å². The van der Waals surface area contributed by atoms with Gasteiger partial charge in [-0.2, -0.15) is 4.98 Å². The second-order valence-electron chi connectivity index (χ2n) is 3.45. The van der Waals surface area contributed by atoms with Crippen molar-refractivity contribution in [3.63, 3.8) is 0 Å². The first kappa shape index (κ1) is 16.6. The largest absolute Gasteiger partial charge is 1.00 e. The third kappa shape index (κ3) is 4.28. The third-order valence-corrected chi connectivity index (χ3v) is 2.88. The van der Waals surface area contributed by atoms with Crippen LogP contribution in [-0.4, -0.2) is 27.9 Å². The Morgan fingerprint density at radius 3 is 2.50 bits per heavy atom. The Bertz CT molecular complexity index is 800. The molecule has 2 rings (SSSR count). The molecule has 0 aliphatic heterocycles. The van der Waals surface area contributed by atoms with Crippen LogP contribution < -0.4 is 46.3 Å². The standard InChI is InChI=1S/C9H8N4O5S.Na/c14-8-11-7(12-9(15)13-8)10-5-2-1-3-6(4-5)19(16,17)18;/h1-4H,(H,16,17,18)(H3,10,11,12,13,14,15);/q;+1/p-1. The van der Waals surface area contributed by atoms with Gasteiger partial charge in [-0.25, -0.2) is 18.0 Å². The van der Waals surface area contributed by atoms with E-state index < -0.39 is 26.4 Å². The average molecular weight is 306 g/mol. The number of H-pyrrole nitrogens is 2. The van der Waals surface area contributed by atoms with E-state index in [1.54, 1.807) is 0 Å². The van der Waals surface area contributed by atoms with E-state index in [1.165, 1.54) is 12.1 Å². The van der Waals surface area contributed by atoms with Crippen LogP contribution in [0.2, 0.25) is 0 Å². The molecule has 3 N–H and O–H groups in total. The molecule has 0 aliphatic carbocycles. The molecule has 0 aliphatic rings. The van der Waals surface area contributed by atoms with Crippen molar-refractivity contribution in [2.75, 3.05) is 5.32 Å². The summed E-state index contributed by atoms with van der Waals surface area (Å²) in [6.07, 6.45) is 0. The first-order chi connectivity index (χ1) is 8.84. The number of anilines is 2. The summed E-state index contributed by atoms with van der Waals surface area (Å²) in [5, 5.41) is 2.51. The monoisotopic (exact) mass is 306 g/mol. The quantitative estimate of drug-likeness (QED) is 0.388. The number of hydrogen-bond donors (Lipinski definition) is 3. The van der Waals surface area contributed by atoms with E-state index in [4.69, 9.17) is 0 Å². The van der Waals surface area contributed by atoms with E-state index in [-0.39, 0.29) is 41.2 Å². The summed E-state index contributed by atoms with van der Waals surface area (Å²) in [6.45, 7) is 0. The number of aromatic nitrogens is 3. The molecule has 0 spiro atoms. The Kier molecular flexibility index (Phi) is 5.25. The molecule has 0 bridgehead atoms. The van der Waals surface area contributed by atoms with Gasteiger partial charge in [0.25, 0.3) is 0 Å². The average Bonchev–Trinajstić information content (AvgIpc) is 2.26. The van der Waals surface area contributed by atoms with E-state index in [1.807, 2.05) is 4.98 Å². The Morgan fingerprint density at radius 1 is 1.20 bits per heavy atom. The first-order valence-electron chi connectivity index (χ1n) is 4.88. The molecule has 0 saturated carbocycles. The molecule has 0 radical (unpaired) electrons. The molecule has 11 heteroatoms. The van der Waals surface area contributed by atoms with Gasteiger partial charge in [-0.15, -0.1) is 0 Å². The van der Waals surface area contributed by atoms with Crippen LogP contribution >= 0.6 is 0 Å². The van der Waals surface area contributed by atoms with Gasteiger partial charge in [-0.05, 0) is 18.2 Å². The van der Waals surface area contributed by atoms with Gasteiger partial charge < -0.3 is 9.87 Å². The fourth-order valence-corrected chi connectivity index (χ4v) is 1.84. The zero-order valence-corrected chi connectivity index (χ0v) is 13.0. The third-order valence-electron chi connectivity index (χ3n) is 2.05. The molecule has 9 nitrogen and oxygen atoms in total. The van der Waals surface area contributed by atoms with Gasteiger partial charge in [-0.1, -0.05) is 6.07 Å². The van der Waals surface area contributed by atoms with Gasteiger partial charge in [0.15, 0.2) is 0 Å². The number of aromatic amines is 2. The van der Waals surface area contributed by atoms with Crippen LogP contribution in [-0.2, 0) is 10.1 Å². The minimum absolute atomic E-state index is 0. The summed E-state index contributed by atoms with van der Waals surface area (Å²) >= 11 is 0. The summed E-state index contributed by atoms with van der Waals surface area (Å²) < 4.78 is 32.5. The van der Waals surface area contributed by atoms with Crippen molar-refractivity contribution in [1.29, 1.82) is 0 Å². The minimum atomic E-state index is -4.58. The van der Waals surface area contributed by atoms with Gasteiger partial charge in [0, 0.05) is 5.69 Å². The van der Waals surface area contributed by atoms with Gasteiger partial charge in [-0.3, -0.25) is 9.97 Å². The summed E-state index contributed by atoms with van der Waals surface area (Å²) in [5.74, 6) is -0.172. The van der Waals surface area contributed by atoms with Crippen LogP contribution in [0.3, 0.4) is 0 Å². The maximum atomic E-state index is 11.0. The van der Waals surface area contributed by atoms with Crippen molar-refractivity contribution in [2.24, 2.45) is 0 Å². The Hall–Kier alpha value is -1.46. The summed E-state index contributed by atoms with van der Waals surface area (Å²) in [5.41, 5.74) is -1.44. The van der Waals surface area contributed by atoms with Crippen LogP contribution in [0.5, 0.6) is 0 Å². The fourth-order valence-electron chi connectivity index (χ4n) is 1.32. The molecular formula is C9H7N4NaO5S. The van der Waals surface area contributed by atoms with Crippen LogP contribution in [0.25, 0.3) is 0 Å². The van der Waals surface area contributed by atoms with E-state index in [0.717, 1.165) is 12.1 Å². The molecule has 1 aromatic heterocycles. The van der Waals surface area contributed by atoms with E-state index in [9.17, 15) is 22.6 Å². The molecule has 0 atom stereocenters. The summed E-state index contributed by atoms with van der Waals surface area (Å²) in [7, 11) is -4.58. The normalized spacial score (nSPS) is 10.7. The van der Waals surface area contributed by atoms with Crippen LogP contribution in [0.4, 0.5) is 11.6 Å². The van der Waals surface area contributed by atoms with Crippen LogP contribution in [0.15, 0.2) is 38.8 Å². The van der Waals surface area contributed by atoms with Gasteiger partial charge in [0.05, 0.1) is 4.90 Å². The van der Waals surface area contributed by atoms with Gasteiger partial charge in [0.1, 0.15) is 10.1 Å². The molecule has 1 heterocycles. The van der Waals surface area contributed by atoms with Crippen molar-refractivity contribution in [1.82, 2.24) is 15.0 Å². The van der Waals surface area contributed by atoms with Crippen molar-refractivity contribution in [3.05, 3.63) is 45.2 Å². The molecule has 2 aromatic rings. The summed E-state index contributed by atoms with van der Waals surface area (Å²) in [4.78, 5) is 29.0. The van der Waals surface area contributed by atoms with Crippen molar-refractivity contribution < 1.29 is 42.5 Å². The maximum Gasteiger partial charge on any atom is 1.00 e. The number of rotatable bonds is 3. The Labute approximate surface area is 134 Å². The number of nitrogens with one attached hydrogen (secondary N) is 3. The van der Waals surface area contributed by atoms with E-state index in [2.05, 4.69) is 15.3 Å². The molecule has 0 amide bonds. The second-order valence-corrected chi connectivity index (χ2v) is 4.83. The zero-order valence-electron chi connectivity index (χ0n) is 10.2. The molecule has 0 unspecified atom stereocenters. The predicted octanol–water partition coefficient (Wildman–Crippen LogP) is -3.89. The maximum absolute atomic E-state index is 11.0. The molecule has 0 saturated heterocycles. The fraction of sp³-hybridized carbons (Fsp3) is 0. The number of nitrogens with zero attached hydrogens (tertiary/aromatic N) is 1. The van der Waals surface area contributed by atoms with Gasteiger partial charge in [0.2, 0.25) is 5.95 Å². The molecular weight excluding hydrogens is 299 g/mol. The zero-order chi connectivity index (χ0) is 14.0. The van der Waals surface area contributed by atoms with Crippen LogP contribution in [0.1, 0.15) is 0 Å². The van der Waals surface area contributed by atoms with E-state index in [0.29, 0.717) is 0 Å². The van der Waals surface area contributed by atoms with Crippen LogP contribution in [0, 0.1) is 0 Å². The molecule has 20 heavy (non-hydrogen) atoms. The Morgan fingerprint density at radius 2 is 1.90 bits per heavy atom. The minimum Gasteiger partial charge on any atom is -0.744 e. The van der Waals surface area contributed by atoms with Crippen molar-refractivity contribution in [2.45, 2.75) is 4.90 Å². The molecule has 0 fully saturated rings. The van der Waals surface area contributed by atoms with Crippen molar-refractivity contribution >= 4 is 21.8 Å². The Balaban J connectivity index is 0.00000200. The molecule has 100 valence electrons. The smallest absolute Gasteiger partial charge is 0.744 e. The SMILES string of the molecule is O=c1nc(Nc2cccc(S(=O)(=O)[O-])c2)[nH]c(=O)[nH]1.[Na+]. The van der Waals surface area contributed by atoms with E-state index >= 15 is 0 Å². The summed E-state index contributed by atoms with van der Waals surface area (Å²) in [6, 6.07) is 4.96. The number of hydrogen-bond acceptors (Lipinski definition) is 7. The van der Waals surface area contributed by atoms with Gasteiger partial charge >= 0.3 is 40.9 Å². The van der Waals surface area contributed by atoms with Crippen molar-refractivity contribution in [3.8, 4) is 0 Å².